The largest absolute Gasteiger partial charge is 0.463 e. The van der Waals surface area contributed by atoms with Crippen molar-refractivity contribution in [3.8, 4) is 12.3 Å². The highest BCUT2D eigenvalue weighted by Crippen LogP contribution is 2.32. The van der Waals surface area contributed by atoms with Crippen molar-refractivity contribution in [2.45, 2.75) is 82.2 Å². The Bertz CT molecular complexity index is 778. The van der Waals surface area contributed by atoms with Crippen molar-refractivity contribution in [2.75, 3.05) is 19.8 Å². The third-order valence-corrected chi connectivity index (χ3v) is 5.12. The molecule has 4 N–H and O–H groups in total. The van der Waals surface area contributed by atoms with E-state index in [1.165, 1.54) is 0 Å². The predicted octanol–water partition coefficient (Wildman–Crippen LogP) is -3.03. The summed E-state index contributed by atoms with van der Waals surface area (Å²) in [5.41, 5.74) is 0. The van der Waals surface area contributed by atoms with Gasteiger partial charge in [0.15, 0.2) is 24.8 Å². The number of aliphatic hydroxyl groups excluding tert-OH is 4. The minimum Gasteiger partial charge on any atom is -0.463 e. The fourth-order valence-electron chi connectivity index (χ4n) is 3.62. The number of hydrogen-bond acceptors (Lipinski definition) is 14. The number of aliphatic hydroxyl groups is 4. The molecule has 0 aromatic carbocycles. The van der Waals surface area contributed by atoms with Gasteiger partial charge in [-0.1, -0.05) is 5.92 Å². The highest BCUT2D eigenvalue weighted by atomic mass is 16.8. The van der Waals surface area contributed by atoms with Gasteiger partial charge in [-0.2, -0.15) is 0 Å². The Morgan fingerprint density at radius 1 is 0.829 bits per heavy atom. The van der Waals surface area contributed by atoms with E-state index in [4.69, 9.17) is 39.6 Å². The first-order valence-electron chi connectivity index (χ1n) is 10.6. The zero-order chi connectivity index (χ0) is 26.3. The molecule has 2 rings (SSSR count). The first-order chi connectivity index (χ1) is 16.5. The number of carbonyl (C=O) groups excluding carboxylic acids is 3. The molecular formula is C21H30O14. The molecule has 0 amide bonds. The molecule has 2 heterocycles. The van der Waals surface area contributed by atoms with Crippen LogP contribution in [-0.4, -0.2) is 120 Å². The van der Waals surface area contributed by atoms with E-state index in [0.717, 1.165) is 20.8 Å². The molecule has 0 spiro atoms. The Labute approximate surface area is 200 Å². The molecule has 2 aliphatic rings. The fraction of sp³-hybridized carbons (Fsp3) is 0.762. The molecule has 35 heavy (non-hydrogen) atoms. The smallest absolute Gasteiger partial charge is 0.303 e. The number of hydrogen-bond donors (Lipinski definition) is 4. The third-order valence-electron chi connectivity index (χ3n) is 5.12. The molecule has 2 aliphatic heterocycles. The summed E-state index contributed by atoms with van der Waals surface area (Å²) in [7, 11) is 0. The van der Waals surface area contributed by atoms with Crippen molar-refractivity contribution in [1.29, 1.82) is 0 Å². The standard InChI is InChI=1S/C21H30O14/c1-5-6-29-21-19(32-11(4)25)18(31-10(3)24)17(13(34-21)8-30-9(2)23)35-20-16(28)15(27)14(26)12(7-22)33-20/h1,12-22,26-28H,6-8H2,2-4H3/t12-,13-,14+,15+,16-,17-,18+,19-,20+,21-/m1/s1. The van der Waals surface area contributed by atoms with Crippen molar-refractivity contribution in [1.82, 2.24) is 0 Å². The lowest BCUT2D eigenvalue weighted by atomic mass is 9.96. The van der Waals surface area contributed by atoms with Crippen LogP contribution in [-0.2, 0) is 47.5 Å². The summed E-state index contributed by atoms with van der Waals surface area (Å²) in [6, 6.07) is 0. The summed E-state index contributed by atoms with van der Waals surface area (Å²) in [5, 5.41) is 39.9. The van der Waals surface area contributed by atoms with Crippen molar-refractivity contribution >= 4 is 17.9 Å². The Morgan fingerprint density at radius 3 is 1.97 bits per heavy atom. The molecule has 14 heteroatoms. The SMILES string of the molecule is C#CCO[C@@H]1O[C@H](COC(C)=O)[C@@H](O[C@@H]2O[C@H](CO)[C@H](O)[C@H](O)[C@H]2O)[C@H](OC(C)=O)[C@H]1OC(C)=O. The molecule has 2 saturated heterocycles. The maximum Gasteiger partial charge on any atom is 0.303 e. The summed E-state index contributed by atoms with van der Waals surface area (Å²) < 4.78 is 37.9. The average Bonchev–Trinajstić information content (AvgIpc) is 2.78. The number of carbonyl (C=O) groups is 3. The maximum atomic E-state index is 11.9. The van der Waals surface area contributed by atoms with Gasteiger partial charge in [-0.15, -0.1) is 6.42 Å². The lowest BCUT2D eigenvalue weighted by Crippen LogP contribution is -2.66. The van der Waals surface area contributed by atoms with Gasteiger partial charge >= 0.3 is 17.9 Å². The Balaban J connectivity index is 2.44. The Hall–Kier alpha value is -2.35. The molecule has 0 aliphatic carbocycles. The molecule has 0 saturated carbocycles. The van der Waals surface area contributed by atoms with Crippen molar-refractivity contribution in [3.05, 3.63) is 0 Å². The van der Waals surface area contributed by atoms with Crippen LogP contribution in [0, 0.1) is 12.3 Å². The van der Waals surface area contributed by atoms with Gasteiger partial charge in [0.1, 0.15) is 49.8 Å². The highest BCUT2D eigenvalue weighted by Gasteiger charge is 2.54. The minimum atomic E-state index is -1.82. The monoisotopic (exact) mass is 506 g/mol. The van der Waals surface area contributed by atoms with Gasteiger partial charge in [-0.05, 0) is 0 Å². The van der Waals surface area contributed by atoms with Crippen LogP contribution >= 0.6 is 0 Å². The van der Waals surface area contributed by atoms with E-state index in [1.807, 2.05) is 0 Å². The molecule has 2 fully saturated rings. The summed E-state index contributed by atoms with van der Waals surface area (Å²) in [6.07, 6.45) is -9.95. The molecular weight excluding hydrogens is 476 g/mol. The lowest BCUT2D eigenvalue weighted by molar-refractivity contribution is -0.359. The topological polar surface area (TPSA) is 197 Å². The highest BCUT2D eigenvalue weighted by molar-refractivity contribution is 5.67. The minimum absolute atomic E-state index is 0.284. The van der Waals surface area contributed by atoms with E-state index in [9.17, 15) is 34.8 Å². The van der Waals surface area contributed by atoms with Crippen molar-refractivity contribution in [2.24, 2.45) is 0 Å². The second kappa shape index (κ2) is 13.1. The van der Waals surface area contributed by atoms with Gasteiger partial charge in [-0.25, -0.2) is 0 Å². The van der Waals surface area contributed by atoms with Crippen LogP contribution in [0.3, 0.4) is 0 Å². The van der Waals surface area contributed by atoms with Gasteiger partial charge in [0.05, 0.1) is 6.61 Å². The zero-order valence-corrected chi connectivity index (χ0v) is 19.3. The van der Waals surface area contributed by atoms with Crippen LogP contribution in [0.25, 0.3) is 0 Å². The number of rotatable bonds is 9. The fourth-order valence-corrected chi connectivity index (χ4v) is 3.62. The van der Waals surface area contributed by atoms with E-state index in [2.05, 4.69) is 5.92 Å². The van der Waals surface area contributed by atoms with E-state index >= 15 is 0 Å². The molecule has 0 radical (unpaired) electrons. The van der Waals surface area contributed by atoms with Gasteiger partial charge < -0.3 is 53.6 Å². The number of ether oxygens (including phenoxy) is 7. The first kappa shape index (κ1) is 28.9. The summed E-state index contributed by atoms with van der Waals surface area (Å²) >= 11 is 0. The van der Waals surface area contributed by atoms with Crippen LogP contribution in [0.2, 0.25) is 0 Å². The van der Waals surface area contributed by atoms with Crippen LogP contribution in [0.1, 0.15) is 20.8 Å². The molecule has 198 valence electrons. The van der Waals surface area contributed by atoms with E-state index in [0.29, 0.717) is 0 Å². The maximum absolute atomic E-state index is 11.9. The van der Waals surface area contributed by atoms with Gasteiger partial charge in [-0.3, -0.25) is 14.4 Å². The summed E-state index contributed by atoms with van der Waals surface area (Å²) in [4.78, 5) is 35.2. The number of terminal acetylenes is 1. The third kappa shape index (κ3) is 7.56. The lowest BCUT2D eigenvalue weighted by Gasteiger charge is -2.47. The number of esters is 3. The van der Waals surface area contributed by atoms with Gasteiger partial charge in [0.2, 0.25) is 0 Å². The molecule has 10 atom stereocenters. The quantitative estimate of drug-likeness (QED) is 0.140. The van der Waals surface area contributed by atoms with E-state index < -0.39 is 92.5 Å². The summed E-state index contributed by atoms with van der Waals surface area (Å²) in [5.74, 6) is -0.0875. The summed E-state index contributed by atoms with van der Waals surface area (Å²) in [6.45, 7) is 1.82. The first-order valence-corrected chi connectivity index (χ1v) is 10.6. The van der Waals surface area contributed by atoms with E-state index in [1.54, 1.807) is 0 Å². The molecule has 0 unspecified atom stereocenters. The van der Waals surface area contributed by atoms with E-state index in [-0.39, 0.29) is 6.61 Å². The van der Waals surface area contributed by atoms with Gasteiger partial charge in [0, 0.05) is 20.8 Å². The van der Waals surface area contributed by atoms with Crippen LogP contribution in [0.5, 0.6) is 0 Å². The van der Waals surface area contributed by atoms with Crippen molar-refractivity contribution in [3.63, 3.8) is 0 Å². The molecule has 14 nitrogen and oxygen atoms in total. The molecule has 0 aromatic heterocycles. The van der Waals surface area contributed by atoms with Crippen LogP contribution in [0.4, 0.5) is 0 Å². The Kier molecular flexibility index (Phi) is 10.8. The zero-order valence-electron chi connectivity index (χ0n) is 19.3. The van der Waals surface area contributed by atoms with Crippen LogP contribution < -0.4 is 0 Å². The van der Waals surface area contributed by atoms with Gasteiger partial charge in [0.25, 0.3) is 0 Å². The van der Waals surface area contributed by atoms with Crippen molar-refractivity contribution < 1.29 is 68.0 Å². The second-order valence-electron chi connectivity index (χ2n) is 7.81. The second-order valence-corrected chi connectivity index (χ2v) is 7.81. The van der Waals surface area contributed by atoms with Crippen LogP contribution in [0.15, 0.2) is 0 Å². The Morgan fingerprint density at radius 2 is 1.43 bits per heavy atom. The normalized spacial score (nSPS) is 37.1. The predicted molar refractivity (Wildman–Crippen MR) is 110 cm³/mol. The molecule has 0 aromatic rings. The molecule has 0 bridgehead atoms. The average molecular weight is 506 g/mol.